The van der Waals surface area contributed by atoms with Gasteiger partial charge in [-0.15, -0.1) is 11.3 Å². The van der Waals surface area contributed by atoms with E-state index in [1.807, 2.05) is 17.5 Å². The van der Waals surface area contributed by atoms with E-state index in [4.69, 9.17) is 4.74 Å². The van der Waals surface area contributed by atoms with Crippen LogP contribution in [-0.2, 0) is 26.2 Å². The minimum absolute atomic E-state index is 0.0183. The van der Waals surface area contributed by atoms with Crippen molar-refractivity contribution in [3.05, 3.63) is 58.3 Å². The quantitative estimate of drug-likeness (QED) is 0.593. The standard InChI is InChI=1S/C16H17NO4S2/c1-17(2)23(19,20)15-7-3-5-13(11-15)12-21-16(18)9-8-14-6-4-10-22-14/h3-11H,12H2,1-2H3/b9-8+. The highest BCUT2D eigenvalue weighted by atomic mass is 32.2. The number of thiophene rings is 1. The number of carbonyl (C=O) groups is 1. The molecule has 0 aliphatic rings. The van der Waals surface area contributed by atoms with Crippen LogP contribution in [0.5, 0.6) is 0 Å². The van der Waals surface area contributed by atoms with Gasteiger partial charge in [0.05, 0.1) is 4.90 Å². The number of hydrogen-bond acceptors (Lipinski definition) is 5. The fraction of sp³-hybridized carbons (Fsp3) is 0.188. The zero-order valence-electron chi connectivity index (χ0n) is 12.8. The lowest BCUT2D eigenvalue weighted by Gasteiger charge is -2.12. The molecule has 2 rings (SSSR count). The van der Waals surface area contributed by atoms with Gasteiger partial charge in [-0.2, -0.15) is 0 Å². The number of esters is 1. The SMILES string of the molecule is CN(C)S(=O)(=O)c1cccc(COC(=O)/C=C/c2cccs2)c1. The summed E-state index contributed by atoms with van der Waals surface area (Å²) in [6, 6.07) is 10.1. The van der Waals surface area contributed by atoms with E-state index in [1.54, 1.807) is 18.2 Å². The molecule has 0 radical (unpaired) electrons. The lowest BCUT2D eigenvalue weighted by atomic mass is 10.2. The summed E-state index contributed by atoms with van der Waals surface area (Å²) in [6.45, 7) is 0.0183. The number of nitrogens with zero attached hydrogens (tertiary/aromatic N) is 1. The molecule has 0 fully saturated rings. The van der Waals surface area contributed by atoms with Crippen LogP contribution < -0.4 is 0 Å². The van der Waals surface area contributed by atoms with E-state index in [0.717, 1.165) is 9.18 Å². The first-order chi connectivity index (χ1) is 10.9. The summed E-state index contributed by atoms with van der Waals surface area (Å²) in [6.07, 6.45) is 3.03. The maximum Gasteiger partial charge on any atom is 0.331 e. The predicted octanol–water partition coefficient (Wildman–Crippen LogP) is 2.76. The number of hydrogen-bond donors (Lipinski definition) is 0. The van der Waals surface area contributed by atoms with Crippen LogP contribution in [0.2, 0.25) is 0 Å². The maximum atomic E-state index is 12.1. The van der Waals surface area contributed by atoms with Crippen molar-refractivity contribution >= 4 is 33.4 Å². The average molecular weight is 351 g/mol. The lowest BCUT2D eigenvalue weighted by molar-refractivity contribution is -0.138. The van der Waals surface area contributed by atoms with Gasteiger partial charge in [-0.25, -0.2) is 17.5 Å². The van der Waals surface area contributed by atoms with E-state index in [1.165, 1.54) is 43.6 Å². The molecule has 2 aromatic rings. The molecule has 1 aromatic carbocycles. The Balaban J connectivity index is 2.00. The molecule has 0 saturated carbocycles. The third kappa shape index (κ3) is 4.75. The van der Waals surface area contributed by atoms with Crippen molar-refractivity contribution in [2.75, 3.05) is 14.1 Å². The average Bonchev–Trinajstić information content (AvgIpc) is 3.04. The van der Waals surface area contributed by atoms with Crippen molar-refractivity contribution in [2.45, 2.75) is 11.5 Å². The highest BCUT2D eigenvalue weighted by Crippen LogP contribution is 2.16. The fourth-order valence-electron chi connectivity index (χ4n) is 1.75. The van der Waals surface area contributed by atoms with E-state index in [-0.39, 0.29) is 11.5 Å². The second kappa shape index (κ2) is 7.54. The highest BCUT2D eigenvalue weighted by Gasteiger charge is 2.17. The van der Waals surface area contributed by atoms with Crippen molar-refractivity contribution in [3.8, 4) is 0 Å². The van der Waals surface area contributed by atoms with E-state index in [0.29, 0.717) is 5.56 Å². The third-order valence-electron chi connectivity index (χ3n) is 2.98. The minimum Gasteiger partial charge on any atom is -0.458 e. The van der Waals surface area contributed by atoms with Crippen molar-refractivity contribution in [1.29, 1.82) is 0 Å². The number of sulfonamides is 1. The van der Waals surface area contributed by atoms with E-state index in [2.05, 4.69) is 0 Å². The smallest absolute Gasteiger partial charge is 0.331 e. The first-order valence-electron chi connectivity index (χ1n) is 6.79. The fourth-order valence-corrected chi connectivity index (χ4v) is 3.34. The molecule has 1 heterocycles. The van der Waals surface area contributed by atoms with E-state index >= 15 is 0 Å². The van der Waals surface area contributed by atoms with Crippen LogP contribution in [0, 0.1) is 0 Å². The molecular weight excluding hydrogens is 334 g/mol. The van der Waals surface area contributed by atoms with Gasteiger partial charge >= 0.3 is 5.97 Å². The predicted molar refractivity (Wildman–Crippen MR) is 90.5 cm³/mol. The Morgan fingerprint density at radius 2 is 2.04 bits per heavy atom. The van der Waals surface area contributed by atoms with Crippen LogP contribution in [0.15, 0.2) is 52.7 Å². The first-order valence-corrected chi connectivity index (χ1v) is 9.11. The van der Waals surface area contributed by atoms with Gasteiger partial charge < -0.3 is 4.74 Å². The van der Waals surface area contributed by atoms with Crippen LogP contribution in [0.3, 0.4) is 0 Å². The molecule has 0 saturated heterocycles. The molecule has 0 bridgehead atoms. The van der Waals surface area contributed by atoms with Gasteiger partial charge in [0.15, 0.2) is 0 Å². The van der Waals surface area contributed by atoms with Crippen molar-refractivity contribution in [2.24, 2.45) is 0 Å². The topological polar surface area (TPSA) is 63.7 Å². The molecule has 5 nitrogen and oxygen atoms in total. The molecular formula is C16H17NO4S2. The molecule has 0 aliphatic heterocycles. The molecule has 0 spiro atoms. The van der Waals surface area contributed by atoms with E-state index < -0.39 is 16.0 Å². The Bertz CT molecular complexity index is 793. The van der Waals surface area contributed by atoms with Gasteiger partial charge in [0.1, 0.15) is 6.61 Å². The zero-order chi connectivity index (χ0) is 16.9. The van der Waals surface area contributed by atoms with Gasteiger partial charge in [0, 0.05) is 25.0 Å². The Morgan fingerprint density at radius 1 is 1.26 bits per heavy atom. The zero-order valence-corrected chi connectivity index (χ0v) is 14.4. The summed E-state index contributed by atoms with van der Waals surface area (Å²) in [4.78, 5) is 12.8. The molecule has 0 unspecified atom stereocenters. The molecule has 0 N–H and O–H groups in total. The molecule has 23 heavy (non-hydrogen) atoms. The van der Waals surface area contributed by atoms with Crippen LogP contribution in [-0.4, -0.2) is 32.8 Å². The monoisotopic (exact) mass is 351 g/mol. The molecule has 0 amide bonds. The first kappa shape index (κ1) is 17.4. The summed E-state index contributed by atoms with van der Waals surface area (Å²) in [5.41, 5.74) is 0.616. The Morgan fingerprint density at radius 3 is 2.70 bits per heavy atom. The maximum absolute atomic E-state index is 12.1. The molecule has 0 atom stereocenters. The Hall–Kier alpha value is -1.96. The van der Waals surface area contributed by atoms with Gasteiger partial charge in [-0.05, 0) is 35.2 Å². The number of rotatable bonds is 6. The largest absolute Gasteiger partial charge is 0.458 e. The van der Waals surface area contributed by atoms with Crippen molar-refractivity contribution in [1.82, 2.24) is 4.31 Å². The van der Waals surface area contributed by atoms with Crippen LogP contribution in [0.4, 0.5) is 0 Å². The van der Waals surface area contributed by atoms with Crippen LogP contribution in [0.1, 0.15) is 10.4 Å². The summed E-state index contributed by atoms with van der Waals surface area (Å²) in [7, 11) is -0.558. The Kier molecular flexibility index (Phi) is 5.70. The number of carbonyl (C=O) groups excluding carboxylic acids is 1. The van der Waals surface area contributed by atoms with E-state index in [9.17, 15) is 13.2 Å². The summed E-state index contributed by atoms with van der Waals surface area (Å²) in [5.74, 6) is -0.473. The normalized spacial score (nSPS) is 12.0. The van der Waals surface area contributed by atoms with Gasteiger partial charge in [0.25, 0.3) is 0 Å². The summed E-state index contributed by atoms with van der Waals surface area (Å²) < 4.78 is 30.4. The van der Waals surface area contributed by atoms with Crippen molar-refractivity contribution < 1.29 is 17.9 Å². The Labute approximate surface area is 139 Å². The van der Waals surface area contributed by atoms with Crippen LogP contribution >= 0.6 is 11.3 Å². The second-order valence-corrected chi connectivity index (χ2v) is 8.02. The second-order valence-electron chi connectivity index (χ2n) is 4.89. The molecule has 0 aliphatic carbocycles. The van der Waals surface area contributed by atoms with Crippen molar-refractivity contribution in [3.63, 3.8) is 0 Å². The molecule has 1 aromatic heterocycles. The third-order valence-corrected chi connectivity index (χ3v) is 5.63. The van der Waals surface area contributed by atoms with Crippen LogP contribution in [0.25, 0.3) is 6.08 Å². The number of ether oxygens (including phenoxy) is 1. The minimum atomic E-state index is -3.50. The van der Waals surface area contributed by atoms with Gasteiger partial charge in [-0.1, -0.05) is 18.2 Å². The summed E-state index contributed by atoms with van der Waals surface area (Å²) >= 11 is 1.52. The van der Waals surface area contributed by atoms with Gasteiger partial charge in [0.2, 0.25) is 10.0 Å². The molecule has 122 valence electrons. The van der Waals surface area contributed by atoms with Gasteiger partial charge in [-0.3, -0.25) is 0 Å². The molecule has 7 heteroatoms. The summed E-state index contributed by atoms with van der Waals surface area (Å²) in [5, 5.41) is 1.92. The number of benzene rings is 1. The lowest BCUT2D eigenvalue weighted by Crippen LogP contribution is -2.22. The highest BCUT2D eigenvalue weighted by molar-refractivity contribution is 7.89.